The van der Waals surface area contributed by atoms with Crippen molar-refractivity contribution >= 4 is 11.9 Å². The van der Waals surface area contributed by atoms with Gasteiger partial charge in [0.2, 0.25) is 0 Å². The fourth-order valence-corrected chi connectivity index (χ4v) is 1.82. The fourth-order valence-electron chi connectivity index (χ4n) is 1.82. The molecule has 0 spiro atoms. The van der Waals surface area contributed by atoms with Gasteiger partial charge >= 0.3 is 5.97 Å². The summed E-state index contributed by atoms with van der Waals surface area (Å²) >= 11 is 0. The Bertz CT molecular complexity index is 414. The summed E-state index contributed by atoms with van der Waals surface area (Å²) in [5.41, 5.74) is 0.420. The third-order valence-electron chi connectivity index (χ3n) is 2.59. The highest BCUT2D eigenvalue weighted by molar-refractivity contribution is 5.94. The molecule has 2 heterocycles. The molecule has 2 rings (SSSR count). The molecule has 1 saturated heterocycles. The monoisotopic (exact) mass is 239 g/mol. The van der Waals surface area contributed by atoms with Crippen LogP contribution in [0.15, 0.2) is 23.0 Å². The quantitative estimate of drug-likeness (QED) is 0.817. The number of amides is 1. The van der Waals surface area contributed by atoms with Crippen LogP contribution in [0.5, 0.6) is 0 Å². The number of rotatable bonds is 2. The minimum absolute atomic E-state index is 0.0592. The van der Waals surface area contributed by atoms with Crippen molar-refractivity contribution in [3.05, 3.63) is 24.2 Å². The molecule has 2 atom stereocenters. The molecule has 0 aromatic carbocycles. The predicted octanol–water partition coefficient (Wildman–Crippen LogP) is 0.594. The number of carbonyl (C=O) groups excluding carboxylic acids is 1. The molecule has 1 N–H and O–H groups in total. The molecule has 17 heavy (non-hydrogen) atoms. The van der Waals surface area contributed by atoms with Crippen LogP contribution in [0.4, 0.5) is 0 Å². The van der Waals surface area contributed by atoms with Gasteiger partial charge in [-0.25, -0.2) is 4.79 Å². The summed E-state index contributed by atoms with van der Waals surface area (Å²) in [5.74, 6) is -1.29. The molecule has 0 radical (unpaired) electrons. The van der Waals surface area contributed by atoms with E-state index in [1.165, 1.54) is 17.4 Å². The maximum absolute atomic E-state index is 12.0. The largest absolute Gasteiger partial charge is 0.479 e. The number of carboxylic acid groups (broad SMARTS) is 1. The molecule has 6 heteroatoms. The number of ether oxygens (including phenoxy) is 1. The third-order valence-corrected chi connectivity index (χ3v) is 2.59. The number of furan rings is 1. The standard InChI is InChI=1S/C11H13NO5/c1-7-4-12(5-9(17-7)11(14)15)10(13)8-2-3-16-6-8/h2-3,6-7,9H,4-5H2,1H3,(H,14,15)/t7-,9?/m1/s1. The van der Waals surface area contributed by atoms with Crippen LogP contribution in [0.25, 0.3) is 0 Å². The van der Waals surface area contributed by atoms with Crippen LogP contribution < -0.4 is 0 Å². The van der Waals surface area contributed by atoms with Crippen molar-refractivity contribution in [3.63, 3.8) is 0 Å². The van der Waals surface area contributed by atoms with Gasteiger partial charge in [-0.05, 0) is 13.0 Å². The molecule has 92 valence electrons. The first-order chi connectivity index (χ1) is 8.08. The normalized spacial score (nSPS) is 24.6. The molecule has 1 unspecified atom stereocenters. The molecule has 1 amide bonds. The van der Waals surface area contributed by atoms with Crippen molar-refractivity contribution in [1.29, 1.82) is 0 Å². The van der Waals surface area contributed by atoms with Crippen LogP contribution >= 0.6 is 0 Å². The molecule has 6 nitrogen and oxygen atoms in total. The lowest BCUT2D eigenvalue weighted by Crippen LogP contribution is -2.51. The van der Waals surface area contributed by atoms with Crippen LogP contribution in [0.3, 0.4) is 0 Å². The topological polar surface area (TPSA) is 80.0 Å². The second kappa shape index (κ2) is 4.58. The molecule has 0 saturated carbocycles. The smallest absolute Gasteiger partial charge is 0.334 e. The van der Waals surface area contributed by atoms with Crippen LogP contribution in [-0.4, -0.2) is 47.2 Å². The summed E-state index contributed by atoms with van der Waals surface area (Å²) in [6.45, 7) is 2.18. The lowest BCUT2D eigenvalue weighted by Gasteiger charge is -2.34. The molecule has 1 aliphatic heterocycles. The van der Waals surface area contributed by atoms with Crippen LogP contribution in [0.2, 0.25) is 0 Å². The maximum Gasteiger partial charge on any atom is 0.334 e. The fraction of sp³-hybridized carbons (Fsp3) is 0.455. The number of nitrogens with zero attached hydrogens (tertiary/aromatic N) is 1. The van der Waals surface area contributed by atoms with E-state index in [0.29, 0.717) is 12.1 Å². The van der Waals surface area contributed by atoms with E-state index < -0.39 is 12.1 Å². The molecule has 1 fully saturated rings. The first-order valence-corrected chi connectivity index (χ1v) is 5.27. The van der Waals surface area contributed by atoms with Gasteiger partial charge in [-0.3, -0.25) is 4.79 Å². The van der Waals surface area contributed by atoms with Gasteiger partial charge in [0.15, 0.2) is 6.10 Å². The molecule has 0 bridgehead atoms. The van der Waals surface area contributed by atoms with E-state index in [0.717, 1.165) is 0 Å². The molecule has 1 aromatic heterocycles. The van der Waals surface area contributed by atoms with E-state index in [-0.39, 0.29) is 18.6 Å². The van der Waals surface area contributed by atoms with E-state index in [1.54, 1.807) is 13.0 Å². The van der Waals surface area contributed by atoms with E-state index in [1.807, 2.05) is 0 Å². The zero-order valence-electron chi connectivity index (χ0n) is 9.33. The Labute approximate surface area is 97.8 Å². The van der Waals surface area contributed by atoms with Gasteiger partial charge in [0, 0.05) is 6.54 Å². The Balaban J connectivity index is 2.10. The Morgan fingerprint density at radius 3 is 2.82 bits per heavy atom. The average molecular weight is 239 g/mol. The van der Waals surface area contributed by atoms with Crippen molar-refractivity contribution in [2.75, 3.05) is 13.1 Å². The summed E-state index contributed by atoms with van der Waals surface area (Å²) < 4.78 is 10.1. The molecule has 1 aromatic rings. The summed E-state index contributed by atoms with van der Waals surface area (Å²) in [6.07, 6.45) is 1.50. The number of hydrogen-bond donors (Lipinski definition) is 1. The van der Waals surface area contributed by atoms with Crippen molar-refractivity contribution in [2.24, 2.45) is 0 Å². The van der Waals surface area contributed by atoms with Gasteiger partial charge in [-0.15, -0.1) is 0 Å². The summed E-state index contributed by atoms with van der Waals surface area (Å²) in [6, 6.07) is 1.55. The summed E-state index contributed by atoms with van der Waals surface area (Å²) in [7, 11) is 0. The molecular weight excluding hydrogens is 226 g/mol. The van der Waals surface area contributed by atoms with Gasteiger partial charge in [0.1, 0.15) is 6.26 Å². The van der Waals surface area contributed by atoms with E-state index >= 15 is 0 Å². The highest BCUT2D eigenvalue weighted by atomic mass is 16.5. The van der Waals surface area contributed by atoms with Crippen LogP contribution in [0.1, 0.15) is 17.3 Å². The minimum atomic E-state index is -1.05. The van der Waals surface area contributed by atoms with Gasteiger partial charge in [-0.2, -0.15) is 0 Å². The SMILES string of the molecule is C[C@@H]1CN(C(=O)c2ccoc2)CC(C(=O)O)O1. The van der Waals surface area contributed by atoms with E-state index in [2.05, 4.69) is 0 Å². The minimum Gasteiger partial charge on any atom is -0.479 e. The molecule has 1 aliphatic rings. The number of morpholine rings is 1. The Kier molecular flexibility index (Phi) is 3.14. The summed E-state index contributed by atoms with van der Waals surface area (Å²) in [4.78, 5) is 24.3. The van der Waals surface area contributed by atoms with Gasteiger partial charge in [0.05, 0.1) is 24.5 Å². The number of hydrogen-bond acceptors (Lipinski definition) is 4. The lowest BCUT2D eigenvalue weighted by molar-refractivity contribution is -0.160. The van der Waals surface area contributed by atoms with Gasteiger partial charge < -0.3 is 19.2 Å². The maximum atomic E-state index is 12.0. The zero-order chi connectivity index (χ0) is 12.4. The van der Waals surface area contributed by atoms with Crippen LogP contribution in [-0.2, 0) is 9.53 Å². The number of aliphatic carboxylic acids is 1. The van der Waals surface area contributed by atoms with Gasteiger partial charge in [-0.1, -0.05) is 0 Å². The van der Waals surface area contributed by atoms with Crippen molar-refractivity contribution in [1.82, 2.24) is 4.90 Å². The Morgan fingerprint density at radius 1 is 1.47 bits per heavy atom. The van der Waals surface area contributed by atoms with Crippen molar-refractivity contribution in [3.8, 4) is 0 Å². The van der Waals surface area contributed by atoms with Crippen LogP contribution in [0, 0.1) is 0 Å². The van der Waals surface area contributed by atoms with Gasteiger partial charge in [0.25, 0.3) is 5.91 Å². The zero-order valence-corrected chi connectivity index (χ0v) is 9.33. The van der Waals surface area contributed by atoms with E-state index in [9.17, 15) is 9.59 Å². The second-order valence-electron chi connectivity index (χ2n) is 4.00. The highest BCUT2D eigenvalue weighted by Crippen LogP contribution is 2.15. The number of carbonyl (C=O) groups is 2. The third kappa shape index (κ3) is 2.47. The summed E-state index contributed by atoms with van der Waals surface area (Å²) in [5, 5.41) is 8.90. The second-order valence-corrected chi connectivity index (χ2v) is 4.00. The highest BCUT2D eigenvalue weighted by Gasteiger charge is 2.33. The average Bonchev–Trinajstić information content (AvgIpc) is 2.80. The first-order valence-electron chi connectivity index (χ1n) is 5.27. The Hall–Kier alpha value is -1.82. The molecule has 0 aliphatic carbocycles. The molecular formula is C11H13NO5. The van der Waals surface area contributed by atoms with Crippen molar-refractivity contribution < 1.29 is 23.8 Å². The van der Waals surface area contributed by atoms with Crippen molar-refractivity contribution in [2.45, 2.75) is 19.1 Å². The Morgan fingerprint density at radius 2 is 2.24 bits per heavy atom. The van der Waals surface area contributed by atoms with E-state index in [4.69, 9.17) is 14.3 Å². The predicted molar refractivity (Wildman–Crippen MR) is 56.6 cm³/mol. The lowest BCUT2D eigenvalue weighted by atomic mass is 10.2. The first kappa shape index (κ1) is 11.7. The number of carboxylic acids is 1.